The van der Waals surface area contributed by atoms with E-state index in [0.29, 0.717) is 0 Å². The summed E-state index contributed by atoms with van der Waals surface area (Å²) >= 11 is 3.44. The van der Waals surface area contributed by atoms with Gasteiger partial charge in [0, 0.05) is 5.33 Å². The van der Waals surface area contributed by atoms with Gasteiger partial charge in [-0.25, -0.2) is 0 Å². The van der Waals surface area contributed by atoms with Crippen LogP contribution >= 0.6 is 15.9 Å². The molecule has 1 aliphatic heterocycles. The van der Waals surface area contributed by atoms with Crippen LogP contribution in [0.5, 0.6) is 0 Å². The van der Waals surface area contributed by atoms with Crippen molar-refractivity contribution < 1.29 is 4.65 Å². The van der Waals surface area contributed by atoms with Gasteiger partial charge in [-0.3, -0.25) is 0 Å². The third kappa shape index (κ3) is 1.23. The van der Waals surface area contributed by atoms with Gasteiger partial charge in [-0.15, -0.1) is 0 Å². The maximum Gasteiger partial charge on any atom is 0.330 e. The average Bonchev–Trinajstić information content (AvgIpc) is 2.50. The van der Waals surface area contributed by atoms with Crippen molar-refractivity contribution in [3.05, 3.63) is 29.3 Å². The fourth-order valence-electron chi connectivity index (χ4n) is 1.28. The van der Waals surface area contributed by atoms with Crippen molar-refractivity contribution in [1.82, 2.24) is 0 Å². The quantitative estimate of drug-likeness (QED) is 0.502. The first kappa shape index (κ1) is 7.38. The second kappa shape index (κ2) is 2.99. The lowest BCUT2D eigenvalue weighted by atomic mass is 9.86. The fourth-order valence-corrected chi connectivity index (χ4v) is 1.81. The number of hydrogen-bond acceptors (Lipinski definition) is 1. The summed E-state index contributed by atoms with van der Waals surface area (Å²) < 4.78 is 5.21. The zero-order valence-corrected chi connectivity index (χ0v) is 7.60. The summed E-state index contributed by atoms with van der Waals surface area (Å²) in [7, 11) is 1.82. The van der Waals surface area contributed by atoms with Crippen molar-refractivity contribution in [2.75, 3.05) is 0 Å². The van der Waals surface area contributed by atoms with Gasteiger partial charge in [0.15, 0.2) is 0 Å². The van der Waals surface area contributed by atoms with E-state index in [1.807, 2.05) is 7.48 Å². The van der Waals surface area contributed by atoms with Crippen LogP contribution in [0.15, 0.2) is 18.2 Å². The van der Waals surface area contributed by atoms with Crippen LogP contribution in [0.2, 0.25) is 0 Å². The van der Waals surface area contributed by atoms with Crippen molar-refractivity contribution in [1.29, 1.82) is 0 Å². The first-order valence-electron chi connectivity index (χ1n) is 3.53. The van der Waals surface area contributed by atoms with Crippen LogP contribution in [0.1, 0.15) is 11.1 Å². The Labute approximate surface area is 75.2 Å². The Kier molecular flexibility index (Phi) is 2.01. The lowest BCUT2D eigenvalue weighted by Crippen LogP contribution is -2.11. The first-order chi connectivity index (χ1) is 5.42. The van der Waals surface area contributed by atoms with Gasteiger partial charge in [-0.2, -0.15) is 0 Å². The predicted molar refractivity (Wildman–Crippen MR) is 49.3 cm³/mol. The molecule has 1 aromatic carbocycles. The summed E-state index contributed by atoms with van der Waals surface area (Å²) in [6.07, 6.45) is 0. The minimum absolute atomic E-state index is 0.733. The Morgan fingerprint density at radius 3 is 3.27 bits per heavy atom. The van der Waals surface area contributed by atoms with E-state index in [9.17, 15) is 0 Å². The second-order valence-corrected chi connectivity index (χ2v) is 3.11. The van der Waals surface area contributed by atoms with Crippen LogP contribution < -0.4 is 5.46 Å². The van der Waals surface area contributed by atoms with Crippen LogP contribution in [0.4, 0.5) is 0 Å². The molecule has 2 rings (SSSR count). The fraction of sp³-hybridized carbons (Fsp3) is 0.250. The zero-order chi connectivity index (χ0) is 7.68. The Balaban J connectivity index is 2.50. The Bertz CT molecular complexity index is 275. The predicted octanol–water partition coefficient (Wildman–Crippen LogP) is 1.36. The lowest BCUT2D eigenvalue weighted by molar-refractivity contribution is 0.344. The molecule has 0 saturated carbocycles. The summed E-state index contributed by atoms with van der Waals surface area (Å²) in [6, 6.07) is 6.26. The van der Waals surface area contributed by atoms with Crippen LogP contribution in [-0.2, 0) is 16.6 Å². The molecule has 0 atom stereocenters. The third-order valence-corrected chi connectivity index (χ3v) is 2.50. The third-order valence-electron chi connectivity index (χ3n) is 1.89. The molecule has 0 spiro atoms. The van der Waals surface area contributed by atoms with E-state index in [0.717, 1.165) is 11.9 Å². The molecule has 0 fully saturated rings. The molecule has 11 heavy (non-hydrogen) atoms. The van der Waals surface area contributed by atoms with Gasteiger partial charge < -0.3 is 4.65 Å². The van der Waals surface area contributed by atoms with Gasteiger partial charge in [0.1, 0.15) is 0 Å². The molecule has 1 aromatic rings. The van der Waals surface area contributed by atoms with Crippen molar-refractivity contribution in [2.45, 2.75) is 11.9 Å². The number of benzene rings is 1. The maximum atomic E-state index is 5.21. The Hall–Kier alpha value is -0.275. The number of rotatable bonds is 1. The largest absolute Gasteiger partial charge is 0.430 e. The minimum Gasteiger partial charge on any atom is -0.430 e. The van der Waals surface area contributed by atoms with Crippen molar-refractivity contribution in [3.63, 3.8) is 0 Å². The molecule has 1 heterocycles. The number of alkyl halides is 1. The maximum absolute atomic E-state index is 5.21. The van der Waals surface area contributed by atoms with Crippen LogP contribution in [0.25, 0.3) is 0 Å². The van der Waals surface area contributed by atoms with E-state index in [1.165, 1.54) is 16.6 Å². The molecule has 1 nitrogen and oxygen atoms in total. The van der Waals surface area contributed by atoms with Gasteiger partial charge in [0.25, 0.3) is 0 Å². The molecular weight excluding hydrogens is 203 g/mol. The van der Waals surface area contributed by atoms with Crippen molar-refractivity contribution in [2.24, 2.45) is 0 Å². The summed E-state index contributed by atoms with van der Waals surface area (Å²) in [5.41, 5.74) is 3.88. The second-order valence-electron chi connectivity index (χ2n) is 2.55. The van der Waals surface area contributed by atoms with Crippen LogP contribution in [0.3, 0.4) is 0 Å². The molecule has 1 radical (unpaired) electrons. The molecular formula is C8H7BBrO. The number of fused-ring (bicyclic) bond motifs is 1. The lowest BCUT2D eigenvalue weighted by Gasteiger charge is -2.02. The first-order valence-corrected chi connectivity index (χ1v) is 4.65. The summed E-state index contributed by atoms with van der Waals surface area (Å²) in [5.74, 6) is 0. The van der Waals surface area contributed by atoms with E-state index in [1.54, 1.807) is 0 Å². The zero-order valence-electron chi connectivity index (χ0n) is 6.01. The highest BCUT2D eigenvalue weighted by Gasteiger charge is 2.15. The molecule has 0 N–H and O–H groups in total. The highest BCUT2D eigenvalue weighted by atomic mass is 79.9. The summed E-state index contributed by atoms with van der Waals surface area (Å²) in [4.78, 5) is 0. The number of hydrogen-bond donors (Lipinski definition) is 0. The smallest absolute Gasteiger partial charge is 0.330 e. The van der Waals surface area contributed by atoms with Crippen molar-refractivity contribution in [3.8, 4) is 0 Å². The molecule has 0 aromatic heterocycles. The Morgan fingerprint density at radius 2 is 2.45 bits per heavy atom. The monoisotopic (exact) mass is 209 g/mol. The van der Waals surface area contributed by atoms with E-state index >= 15 is 0 Å². The summed E-state index contributed by atoms with van der Waals surface area (Å²) in [5, 5.41) is 0.910. The molecule has 0 saturated heterocycles. The molecule has 3 heteroatoms. The van der Waals surface area contributed by atoms with Gasteiger partial charge in [-0.05, 0) is 16.6 Å². The molecule has 0 unspecified atom stereocenters. The molecule has 1 aliphatic rings. The van der Waals surface area contributed by atoms with Gasteiger partial charge in [0.05, 0.1) is 6.61 Å². The average molecular weight is 210 g/mol. The Morgan fingerprint density at radius 1 is 1.55 bits per heavy atom. The van der Waals surface area contributed by atoms with Gasteiger partial charge in [-0.1, -0.05) is 34.1 Å². The van der Waals surface area contributed by atoms with Crippen molar-refractivity contribution >= 4 is 28.9 Å². The molecule has 0 amide bonds. The minimum atomic E-state index is 0.733. The van der Waals surface area contributed by atoms with E-state index in [-0.39, 0.29) is 0 Å². The van der Waals surface area contributed by atoms with E-state index in [4.69, 9.17) is 4.65 Å². The molecule has 0 bridgehead atoms. The van der Waals surface area contributed by atoms with Crippen LogP contribution in [-0.4, -0.2) is 7.48 Å². The molecule has 0 aliphatic carbocycles. The normalized spacial score (nSPS) is 14.3. The van der Waals surface area contributed by atoms with Crippen LogP contribution in [0, 0.1) is 0 Å². The standard InChI is InChI=1S/C8H7BBrO/c10-4-6-2-1-3-8-7(6)5-11-9-8/h1-3H,4-5H2. The van der Waals surface area contributed by atoms with E-state index in [2.05, 4.69) is 34.1 Å². The highest BCUT2D eigenvalue weighted by Crippen LogP contribution is 2.14. The summed E-state index contributed by atoms with van der Waals surface area (Å²) in [6.45, 7) is 0.733. The van der Waals surface area contributed by atoms with Gasteiger partial charge in [0.2, 0.25) is 0 Å². The SMILES string of the molecule is BrCc1cccc2c1CO[B]2. The van der Waals surface area contributed by atoms with E-state index < -0.39 is 0 Å². The highest BCUT2D eigenvalue weighted by molar-refractivity contribution is 9.08. The number of halogens is 1. The van der Waals surface area contributed by atoms with Gasteiger partial charge >= 0.3 is 7.48 Å². The molecule has 55 valence electrons. The topological polar surface area (TPSA) is 9.23 Å².